The van der Waals surface area contributed by atoms with Gasteiger partial charge in [-0.25, -0.2) is 4.68 Å². The fourth-order valence-corrected chi connectivity index (χ4v) is 4.79. The molecule has 1 atom stereocenters. The monoisotopic (exact) mass is 372 g/mol. The smallest absolute Gasteiger partial charge is 0.0648 e. The van der Waals surface area contributed by atoms with E-state index in [0.29, 0.717) is 12.1 Å². The van der Waals surface area contributed by atoms with E-state index in [0.717, 1.165) is 18.8 Å². The molecule has 1 aromatic heterocycles. The first-order chi connectivity index (χ1) is 13.8. The lowest BCUT2D eigenvalue weighted by atomic mass is 10.0. The molecule has 1 aliphatic heterocycles. The summed E-state index contributed by atoms with van der Waals surface area (Å²) in [5.74, 6) is 0. The van der Waals surface area contributed by atoms with Gasteiger partial charge in [-0.2, -0.15) is 5.10 Å². The Morgan fingerprint density at radius 2 is 1.86 bits per heavy atom. The third-order valence-corrected chi connectivity index (χ3v) is 6.27. The molecule has 0 spiro atoms. The number of hydrogen-bond acceptors (Lipinski definition) is 3. The van der Waals surface area contributed by atoms with Gasteiger partial charge in [0.15, 0.2) is 0 Å². The Hall–Kier alpha value is -2.43. The number of nitrogens with zero attached hydrogens (tertiary/aromatic N) is 3. The van der Waals surface area contributed by atoms with Gasteiger partial charge in [0.05, 0.1) is 5.69 Å². The van der Waals surface area contributed by atoms with Crippen molar-refractivity contribution in [3.63, 3.8) is 0 Å². The highest BCUT2D eigenvalue weighted by Crippen LogP contribution is 2.27. The van der Waals surface area contributed by atoms with Gasteiger partial charge in [0.2, 0.25) is 0 Å². The second kappa shape index (κ2) is 7.90. The Labute approximate surface area is 167 Å². The van der Waals surface area contributed by atoms with Gasteiger partial charge in [0.25, 0.3) is 0 Å². The molecule has 2 heterocycles. The number of benzene rings is 2. The van der Waals surface area contributed by atoms with Crippen molar-refractivity contribution >= 4 is 0 Å². The zero-order valence-corrected chi connectivity index (χ0v) is 16.3. The van der Waals surface area contributed by atoms with Crippen LogP contribution >= 0.6 is 0 Å². The van der Waals surface area contributed by atoms with Crippen LogP contribution in [0.4, 0.5) is 0 Å². The molecule has 0 amide bonds. The molecule has 5 rings (SSSR count). The van der Waals surface area contributed by atoms with E-state index in [9.17, 15) is 0 Å². The fourth-order valence-electron chi connectivity index (χ4n) is 4.79. The third kappa shape index (κ3) is 3.75. The molecule has 1 aliphatic carbocycles. The predicted octanol–water partition coefficient (Wildman–Crippen LogP) is 3.59. The molecular formula is C24H28N4. The van der Waals surface area contributed by atoms with Crippen LogP contribution in [0.5, 0.6) is 0 Å². The lowest BCUT2D eigenvalue weighted by molar-refractivity contribution is 0.140. The average molecular weight is 373 g/mol. The molecule has 144 valence electrons. The number of fused-ring (bicyclic) bond motifs is 1. The van der Waals surface area contributed by atoms with Crippen LogP contribution < -0.4 is 5.32 Å². The molecule has 28 heavy (non-hydrogen) atoms. The van der Waals surface area contributed by atoms with Crippen LogP contribution in [0.1, 0.15) is 29.5 Å². The molecular weight excluding hydrogens is 344 g/mol. The molecule has 2 aliphatic rings. The standard InChI is InChI=1S/C24H28N4/c1-2-8-21-16-24(15-20(21)7-1)27-12-4-9-22(18-27)25-17-19-6-3-10-23(14-19)28-13-5-11-26-28/h1-3,5-8,10-11,13-14,22,24-25H,4,9,12,15-18H2/t22-/m1/s1. The van der Waals surface area contributed by atoms with E-state index in [-0.39, 0.29) is 0 Å². The van der Waals surface area contributed by atoms with Gasteiger partial charge in [-0.3, -0.25) is 4.90 Å². The second-order valence-electron chi connectivity index (χ2n) is 8.17. The minimum Gasteiger partial charge on any atom is -0.309 e. The summed E-state index contributed by atoms with van der Waals surface area (Å²) in [6, 6.07) is 20.9. The van der Waals surface area contributed by atoms with Gasteiger partial charge >= 0.3 is 0 Å². The summed E-state index contributed by atoms with van der Waals surface area (Å²) in [6.45, 7) is 3.32. The number of piperidine rings is 1. The number of nitrogens with one attached hydrogen (secondary N) is 1. The average Bonchev–Trinajstić information content (AvgIpc) is 3.43. The maximum atomic E-state index is 4.34. The van der Waals surface area contributed by atoms with Crippen molar-refractivity contribution in [2.75, 3.05) is 13.1 Å². The summed E-state index contributed by atoms with van der Waals surface area (Å²) in [5.41, 5.74) is 5.55. The Morgan fingerprint density at radius 3 is 2.64 bits per heavy atom. The minimum atomic E-state index is 0.575. The fraction of sp³-hybridized carbons (Fsp3) is 0.375. The van der Waals surface area contributed by atoms with E-state index >= 15 is 0 Å². The van der Waals surface area contributed by atoms with Crippen molar-refractivity contribution in [3.8, 4) is 5.69 Å². The first kappa shape index (κ1) is 17.7. The highest BCUT2D eigenvalue weighted by atomic mass is 15.3. The van der Waals surface area contributed by atoms with Crippen LogP contribution in [-0.2, 0) is 19.4 Å². The SMILES string of the molecule is c1cc(CN[C@@H]2CCCN(C3Cc4ccccc4C3)C2)cc(-n2cccn2)c1. The molecule has 4 heteroatoms. The zero-order chi connectivity index (χ0) is 18.8. The van der Waals surface area contributed by atoms with Gasteiger partial charge in [-0.15, -0.1) is 0 Å². The number of aromatic nitrogens is 2. The van der Waals surface area contributed by atoms with E-state index in [1.165, 1.54) is 37.8 Å². The Bertz CT molecular complexity index is 893. The summed E-state index contributed by atoms with van der Waals surface area (Å²) in [4.78, 5) is 2.72. The van der Waals surface area contributed by atoms with Crippen LogP contribution in [0, 0.1) is 0 Å². The third-order valence-electron chi connectivity index (χ3n) is 6.27. The Kier molecular flexibility index (Phi) is 4.98. The van der Waals surface area contributed by atoms with Gasteiger partial charge < -0.3 is 5.32 Å². The molecule has 4 nitrogen and oxygen atoms in total. The van der Waals surface area contributed by atoms with Crippen molar-refractivity contribution in [2.45, 2.75) is 44.3 Å². The molecule has 1 saturated heterocycles. The molecule has 0 unspecified atom stereocenters. The minimum absolute atomic E-state index is 0.575. The van der Waals surface area contributed by atoms with Crippen molar-refractivity contribution in [1.82, 2.24) is 20.0 Å². The predicted molar refractivity (Wildman–Crippen MR) is 113 cm³/mol. The lowest BCUT2D eigenvalue weighted by Gasteiger charge is -2.37. The lowest BCUT2D eigenvalue weighted by Crippen LogP contribution is -2.49. The molecule has 0 radical (unpaired) electrons. The zero-order valence-electron chi connectivity index (χ0n) is 16.3. The van der Waals surface area contributed by atoms with Crippen molar-refractivity contribution in [2.24, 2.45) is 0 Å². The largest absolute Gasteiger partial charge is 0.309 e. The van der Waals surface area contributed by atoms with Gasteiger partial charge in [0.1, 0.15) is 0 Å². The topological polar surface area (TPSA) is 33.1 Å². The number of rotatable bonds is 5. The highest BCUT2D eigenvalue weighted by Gasteiger charge is 2.30. The summed E-state index contributed by atoms with van der Waals surface area (Å²) in [7, 11) is 0. The highest BCUT2D eigenvalue weighted by molar-refractivity contribution is 5.35. The van der Waals surface area contributed by atoms with E-state index in [2.05, 4.69) is 63.8 Å². The van der Waals surface area contributed by atoms with Crippen molar-refractivity contribution in [3.05, 3.63) is 83.7 Å². The van der Waals surface area contributed by atoms with E-state index in [4.69, 9.17) is 0 Å². The van der Waals surface area contributed by atoms with Gasteiger partial charge in [-0.1, -0.05) is 36.4 Å². The van der Waals surface area contributed by atoms with E-state index < -0.39 is 0 Å². The molecule has 3 aromatic rings. The quantitative estimate of drug-likeness (QED) is 0.743. The van der Waals surface area contributed by atoms with Crippen molar-refractivity contribution < 1.29 is 0 Å². The summed E-state index contributed by atoms with van der Waals surface area (Å²) in [5, 5.41) is 8.15. The van der Waals surface area contributed by atoms with Crippen LogP contribution in [0.15, 0.2) is 67.0 Å². The number of hydrogen-bond donors (Lipinski definition) is 1. The maximum absolute atomic E-state index is 4.34. The summed E-state index contributed by atoms with van der Waals surface area (Å²) < 4.78 is 1.92. The maximum Gasteiger partial charge on any atom is 0.0648 e. The number of likely N-dealkylation sites (tertiary alicyclic amines) is 1. The molecule has 1 fully saturated rings. The molecule has 2 aromatic carbocycles. The van der Waals surface area contributed by atoms with Gasteiger partial charge in [0, 0.05) is 37.6 Å². The Morgan fingerprint density at radius 1 is 1.00 bits per heavy atom. The van der Waals surface area contributed by atoms with E-state index in [1.54, 1.807) is 11.1 Å². The normalized spacial score (nSPS) is 20.4. The summed E-state index contributed by atoms with van der Waals surface area (Å²) >= 11 is 0. The van der Waals surface area contributed by atoms with Crippen molar-refractivity contribution in [1.29, 1.82) is 0 Å². The second-order valence-corrected chi connectivity index (χ2v) is 8.17. The van der Waals surface area contributed by atoms with Crippen LogP contribution in [-0.4, -0.2) is 39.9 Å². The Balaban J connectivity index is 1.19. The van der Waals surface area contributed by atoms with Gasteiger partial charge in [-0.05, 0) is 67.1 Å². The molecule has 1 N–H and O–H groups in total. The van der Waals surface area contributed by atoms with Crippen LogP contribution in [0.25, 0.3) is 5.69 Å². The van der Waals surface area contributed by atoms with Crippen LogP contribution in [0.3, 0.4) is 0 Å². The van der Waals surface area contributed by atoms with Crippen LogP contribution in [0.2, 0.25) is 0 Å². The molecule has 0 saturated carbocycles. The summed E-state index contributed by atoms with van der Waals surface area (Å²) in [6.07, 6.45) is 8.81. The first-order valence-electron chi connectivity index (χ1n) is 10.5. The van der Waals surface area contributed by atoms with E-state index in [1.807, 2.05) is 23.1 Å². The first-order valence-corrected chi connectivity index (χ1v) is 10.5. The molecule has 0 bridgehead atoms.